The van der Waals surface area contributed by atoms with Crippen molar-refractivity contribution in [1.82, 2.24) is 20.4 Å². The van der Waals surface area contributed by atoms with Crippen molar-refractivity contribution in [3.8, 4) is 5.69 Å². The number of hydrogen-bond acceptors (Lipinski definition) is 4. The quantitative estimate of drug-likeness (QED) is 0.594. The number of aromatic nitrogens is 2. The summed E-state index contributed by atoms with van der Waals surface area (Å²) in [6.07, 6.45) is 6.68. The molecule has 2 aromatic rings. The van der Waals surface area contributed by atoms with E-state index in [0.29, 0.717) is 17.1 Å². The van der Waals surface area contributed by atoms with Gasteiger partial charge in [-0.25, -0.2) is 14.3 Å². The van der Waals surface area contributed by atoms with Gasteiger partial charge in [-0.3, -0.25) is 4.79 Å². The summed E-state index contributed by atoms with van der Waals surface area (Å²) in [7, 11) is 0. The lowest BCUT2D eigenvalue weighted by Gasteiger charge is -2.22. The fourth-order valence-electron chi connectivity index (χ4n) is 3.44. The van der Waals surface area contributed by atoms with Gasteiger partial charge in [-0.2, -0.15) is 5.10 Å². The molecule has 0 bridgehead atoms. The molecule has 0 unspecified atom stereocenters. The van der Waals surface area contributed by atoms with E-state index in [1.807, 2.05) is 0 Å². The molecule has 9 heteroatoms. The van der Waals surface area contributed by atoms with Gasteiger partial charge in [-0.05, 0) is 38.0 Å². The van der Waals surface area contributed by atoms with Crippen LogP contribution in [0.4, 0.5) is 10.5 Å². The number of nitrogens with zero attached hydrogens (tertiary/aromatic N) is 2. The van der Waals surface area contributed by atoms with Crippen LogP contribution in [0.15, 0.2) is 30.5 Å². The minimum absolute atomic E-state index is 0.118. The number of carbonyl (C=O) groups excluding carboxylic acids is 2. The number of carboxylic acid groups (broad SMARTS) is 1. The minimum atomic E-state index is -1.05. The number of urea groups is 1. The highest BCUT2D eigenvalue weighted by atomic mass is 16.4. The summed E-state index contributed by atoms with van der Waals surface area (Å²) in [6, 6.07) is 6.73. The Morgan fingerprint density at radius 2 is 1.97 bits per heavy atom. The lowest BCUT2D eigenvalue weighted by molar-refractivity contribution is -0.115. The lowest BCUT2D eigenvalue weighted by Crippen LogP contribution is -2.45. The van der Waals surface area contributed by atoms with Crippen LogP contribution in [0, 0.1) is 6.92 Å². The Morgan fingerprint density at radius 3 is 2.66 bits per heavy atom. The molecule has 0 saturated heterocycles. The summed E-state index contributed by atoms with van der Waals surface area (Å²) < 4.78 is 1.50. The molecule has 1 aromatic carbocycles. The van der Waals surface area contributed by atoms with Gasteiger partial charge in [0.15, 0.2) is 0 Å². The highest BCUT2D eigenvalue weighted by Gasteiger charge is 2.16. The Balaban J connectivity index is 1.55. The van der Waals surface area contributed by atoms with E-state index in [2.05, 4.69) is 21.0 Å². The Morgan fingerprint density at radius 1 is 1.21 bits per heavy atom. The summed E-state index contributed by atoms with van der Waals surface area (Å²) in [5, 5.41) is 21.5. The zero-order valence-electron chi connectivity index (χ0n) is 16.3. The number of benzene rings is 1. The third-order valence-corrected chi connectivity index (χ3v) is 4.96. The molecular weight excluding hydrogens is 374 g/mol. The average molecular weight is 399 g/mol. The summed E-state index contributed by atoms with van der Waals surface area (Å²) in [6.45, 7) is 1.52. The van der Waals surface area contributed by atoms with Gasteiger partial charge in [-0.15, -0.1) is 0 Å². The van der Waals surface area contributed by atoms with Crippen molar-refractivity contribution in [2.75, 3.05) is 11.9 Å². The molecule has 1 aliphatic carbocycles. The Bertz CT molecular complexity index is 902. The van der Waals surface area contributed by atoms with E-state index in [-0.39, 0.29) is 30.1 Å². The fourth-order valence-corrected chi connectivity index (χ4v) is 3.44. The van der Waals surface area contributed by atoms with Crippen LogP contribution in [0.1, 0.15) is 48.2 Å². The van der Waals surface area contributed by atoms with Crippen LogP contribution in [0.5, 0.6) is 0 Å². The van der Waals surface area contributed by atoms with Gasteiger partial charge in [0.25, 0.3) is 0 Å². The van der Waals surface area contributed by atoms with Crippen molar-refractivity contribution in [3.63, 3.8) is 0 Å². The van der Waals surface area contributed by atoms with Crippen molar-refractivity contribution in [2.45, 2.75) is 45.1 Å². The summed E-state index contributed by atoms with van der Waals surface area (Å²) in [5.41, 5.74) is 1.75. The van der Waals surface area contributed by atoms with Crippen molar-refractivity contribution >= 4 is 23.6 Å². The Labute approximate surface area is 168 Å². The topological polar surface area (TPSA) is 125 Å². The molecular formula is C20H25N5O4. The highest BCUT2D eigenvalue weighted by Crippen LogP contribution is 2.18. The monoisotopic (exact) mass is 399 g/mol. The molecule has 3 rings (SSSR count). The SMILES string of the molecule is Cc1c(C(=O)O)cnn1-c1cccc(NC(=O)CNC(=O)NC2CCCCC2)c1. The van der Waals surface area contributed by atoms with E-state index >= 15 is 0 Å². The Hall–Kier alpha value is -3.36. The smallest absolute Gasteiger partial charge is 0.339 e. The first kappa shape index (κ1) is 20.4. The second-order valence-corrected chi connectivity index (χ2v) is 7.12. The largest absolute Gasteiger partial charge is 0.478 e. The molecule has 0 spiro atoms. The fraction of sp³-hybridized carbons (Fsp3) is 0.400. The maximum absolute atomic E-state index is 12.2. The van der Waals surface area contributed by atoms with Gasteiger partial charge >= 0.3 is 12.0 Å². The van der Waals surface area contributed by atoms with Crippen LogP contribution in [0.3, 0.4) is 0 Å². The van der Waals surface area contributed by atoms with Gasteiger partial charge in [0.1, 0.15) is 5.56 Å². The first-order chi connectivity index (χ1) is 13.9. The van der Waals surface area contributed by atoms with Gasteiger partial charge in [0, 0.05) is 11.7 Å². The summed E-state index contributed by atoms with van der Waals surface area (Å²) in [4.78, 5) is 35.3. The predicted octanol–water partition coefficient (Wildman–Crippen LogP) is 2.45. The van der Waals surface area contributed by atoms with Crippen molar-refractivity contribution < 1.29 is 19.5 Å². The van der Waals surface area contributed by atoms with E-state index in [0.717, 1.165) is 25.7 Å². The third-order valence-electron chi connectivity index (χ3n) is 4.96. The molecule has 1 fully saturated rings. The number of hydrogen-bond donors (Lipinski definition) is 4. The minimum Gasteiger partial charge on any atom is -0.478 e. The van der Waals surface area contributed by atoms with Crippen LogP contribution >= 0.6 is 0 Å². The number of nitrogens with one attached hydrogen (secondary N) is 3. The van der Waals surface area contributed by atoms with E-state index in [4.69, 9.17) is 5.11 Å². The van der Waals surface area contributed by atoms with E-state index in [1.165, 1.54) is 17.3 Å². The van der Waals surface area contributed by atoms with Crippen LogP contribution in [0.2, 0.25) is 0 Å². The molecule has 1 saturated carbocycles. The lowest BCUT2D eigenvalue weighted by atomic mass is 9.96. The van der Waals surface area contributed by atoms with Crippen molar-refractivity contribution in [3.05, 3.63) is 41.7 Å². The molecule has 9 nitrogen and oxygen atoms in total. The highest BCUT2D eigenvalue weighted by molar-refractivity contribution is 5.94. The van der Waals surface area contributed by atoms with Crippen LogP contribution in [0.25, 0.3) is 5.69 Å². The van der Waals surface area contributed by atoms with Crippen LogP contribution in [-0.4, -0.2) is 45.4 Å². The van der Waals surface area contributed by atoms with Crippen LogP contribution < -0.4 is 16.0 Å². The number of amides is 3. The van der Waals surface area contributed by atoms with Gasteiger partial charge in [0.2, 0.25) is 5.91 Å². The molecule has 154 valence electrons. The molecule has 1 aliphatic rings. The molecule has 29 heavy (non-hydrogen) atoms. The molecule has 0 atom stereocenters. The van der Waals surface area contributed by atoms with Gasteiger partial charge in [-0.1, -0.05) is 25.3 Å². The number of anilines is 1. The first-order valence-electron chi connectivity index (χ1n) is 9.66. The van der Waals surface area contributed by atoms with E-state index in [1.54, 1.807) is 31.2 Å². The normalized spacial score (nSPS) is 14.2. The first-order valence-corrected chi connectivity index (χ1v) is 9.66. The van der Waals surface area contributed by atoms with Gasteiger partial charge in [0.05, 0.1) is 24.1 Å². The molecule has 0 aliphatic heterocycles. The average Bonchev–Trinajstić information content (AvgIpc) is 3.09. The third kappa shape index (κ3) is 5.34. The second kappa shape index (κ2) is 9.22. The summed E-state index contributed by atoms with van der Waals surface area (Å²) in [5.74, 6) is -1.40. The number of aromatic carboxylic acids is 1. The standard InChI is InChI=1S/C20H25N5O4/c1-13-17(19(27)28)11-22-25(13)16-9-5-8-15(10-16)23-18(26)12-21-20(29)24-14-6-3-2-4-7-14/h5,8-11,14H,2-4,6-7,12H2,1H3,(H,23,26)(H,27,28)(H2,21,24,29). The zero-order valence-corrected chi connectivity index (χ0v) is 16.3. The number of rotatable bonds is 6. The van der Waals surface area contributed by atoms with Crippen LogP contribution in [-0.2, 0) is 4.79 Å². The number of carboxylic acids is 1. The van der Waals surface area contributed by atoms with Crippen molar-refractivity contribution in [1.29, 1.82) is 0 Å². The van der Waals surface area contributed by atoms with E-state index in [9.17, 15) is 14.4 Å². The molecule has 0 radical (unpaired) electrons. The number of carbonyl (C=O) groups is 3. The Kier molecular flexibility index (Phi) is 6.48. The maximum atomic E-state index is 12.2. The molecule has 4 N–H and O–H groups in total. The zero-order chi connectivity index (χ0) is 20.8. The molecule has 1 heterocycles. The predicted molar refractivity (Wildman–Crippen MR) is 107 cm³/mol. The van der Waals surface area contributed by atoms with E-state index < -0.39 is 5.97 Å². The second-order valence-electron chi connectivity index (χ2n) is 7.12. The maximum Gasteiger partial charge on any atom is 0.339 e. The van der Waals surface area contributed by atoms with Crippen molar-refractivity contribution in [2.24, 2.45) is 0 Å². The molecule has 3 amide bonds. The summed E-state index contributed by atoms with van der Waals surface area (Å²) >= 11 is 0. The van der Waals surface area contributed by atoms with Gasteiger partial charge < -0.3 is 21.1 Å². The molecule has 1 aromatic heterocycles.